The zero-order valence-electron chi connectivity index (χ0n) is 10.9. The molecule has 0 spiro atoms. The first-order valence-corrected chi connectivity index (χ1v) is 6.40. The number of nitrogens with zero attached hydrogens (tertiary/aromatic N) is 2. The van der Waals surface area contributed by atoms with Gasteiger partial charge < -0.3 is 10.3 Å². The molecule has 0 bridgehead atoms. The molecule has 106 valence electrons. The molecule has 3 rings (SSSR count). The number of alkyl halides is 3. The van der Waals surface area contributed by atoms with Crippen LogP contribution in [0, 0.1) is 6.92 Å². The summed E-state index contributed by atoms with van der Waals surface area (Å²) in [7, 11) is 0. The molecule has 2 N–H and O–H groups in total. The molecule has 20 heavy (non-hydrogen) atoms. The maximum Gasteiger partial charge on any atom is 0.416 e. The second-order valence-corrected chi connectivity index (χ2v) is 5.07. The Hall–Kier alpha value is -1.98. The predicted molar refractivity (Wildman–Crippen MR) is 70.1 cm³/mol. The summed E-state index contributed by atoms with van der Waals surface area (Å²) in [4.78, 5) is 4.34. The smallest absolute Gasteiger partial charge is 0.383 e. The van der Waals surface area contributed by atoms with Crippen molar-refractivity contribution in [2.75, 3.05) is 5.73 Å². The van der Waals surface area contributed by atoms with E-state index in [2.05, 4.69) is 4.98 Å². The topological polar surface area (TPSA) is 43.8 Å². The Morgan fingerprint density at radius 3 is 2.60 bits per heavy atom. The van der Waals surface area contributed by atoms with E-state index in [1.165, 1.54) is 6.07 Å². The van der Waals surface area contributed by atoms with Crippen molar-refractivity contribution < 1.29 is 13.2 Å². The molecular weight excluding hydrogens is 267 g/mol. The molecule has 0 amide bonds. The van der Waals surface area contributed by atoms with Crippen molar-refractivity contribution in [1.29, 1.82) is 0 Å². The van der Waals surface area contributed by atoms with Gasteiger partial charge in [-0.3, -0.25) is 0 Å². The Labute approximate surface area is 114 Å². The first-order chi connectivity index (χ1) is 9.38. The molecule has 1 fully saturated rings. The Kier molecular flexibility index (Phi) is 2.77. The number of rotatable bonds is 2. The normalized spacial score (nSPS) is 15.6. The Morgan fingerprint density at radius 2 is 2.00 bits per heavy atom. The van der Waals surface area contributed by atoms with Gasteiger partial charge in [-0.2, -0.15) is 13.2 Å². The number of anilines is 1. The van der Waals surface area contributed by atoms with E-state index in [9.17, 15) is 13.2 Å². The summed E-state index contributed by atoms with van der Waals surface area (Å²) in [6, 6.07) is 5.47. The summed E-state index contributed by atoms with van der Waals surface area (Å²) >= 11 is 0. The third-order valence-electron chi connectivity index (χ3n) is 3.50. The van der Waals surface area contributed by atoms with Gasteiger partial charge in [0.25, 0.3) is 0 Å². The van der Waals surface area contributed by atoms with Gasteiger partial charge in [0.05, 0.1) is 5.56 Å². The first kappa shape index (κ1) is 13.0. The molecule has 6 heteroatoms. The monoisotopic (exact) mass is 281 g/mol. The summed E-state index contributed by atoms with van der Waals surface area (Å²) in [6.07, 6.45) is -2.27. The number of aryl methyl sites for hydroxylation is 1. The summed E-state index contributed by atoms with van der Waals surface area (Å²) in [5, 5.41) is 0. The third kappa shape index (κ3) is 2.15. The lowest BCUT2D eigenvalue weighted by Crippen LogP contribution is -2.05. The minimum absolute atomic E-state index is 0.349. The van der Waals surface area contributed by atoms with Crippen molar-refractivity contribution in [2.24, 2.45) is 0 Å². The fourth-order valence-electron chi connectivity index (χ4n) is 2.41. The Bertz CT molecular complexity index is 654. The minimum atomic E-state index is -4.36. The average molecular weight is 281 g/mol. The SMILES string of the molecule is Cc1nc(-c2cccc(C(F)(F)F)c2)c(N)n1C1CC1. The van der Waals surface area contributed by atoms with Gasteiger partial charge in [0.15, 0.2) is 0 Å². The van der Waals surface area contributed by atoms with Gasteiger partial charge in [-0.15, -0.1) is 0 Å². The van der Waals surface area contributed by atoms with Crippen molar-refractivity contribution in [3.63, 3.8) is 0 Å². The number of halogens is 3. The summed E-state index contributed by atoms with van der Waals surface area (Å²) in [5.74, 6) is 1.20. The van der Waals surface area contributed by atoms with Crippen molar-refractivity contribution in [3.05, 3.63) is 35.7 Å². The molecule has 0 aliphatic heterocycles. The molecule has 0 saturated heterocycles. The maximum atomic E-state index is 12.8. The number of aromatic nitrogens is 2. The lowest BCUT2D eigenvalue weighted by atomic mass is 10.1. The Balaban J connectivity index is 2.07. The first-order valence-electron chi connectivity index (χ1n) is 6.40. The highest BCUT2D eigenvalue weighted by Gasteiger charge is 2.32. The number of imidazole rings is 1. The molecule has 1 aromatic heterocycles. The van der Waals surface area contributed by atoms with E-state index in [0.29, 0.717) is 23.1 Å². The zero-order valence-corrected chi connectivity index (χ0v) is 10.9. The van der Waals surface area contributed by atoms with Gasteiger partial charge in [0.1, 0.15) is 17.3 Å². The largest absolute Gasteiger partial charge is 0.416 e. The van der Waals surface area contributed by atoms with E-state index in [1.54, 1.807) is 6.07 Å². The van der Waals surface area contributed by atoms with E-state index in [0.717, 1.165) is 30.8 Å². The highest BCUT2D eigenvalue weighted by Crippen LogP contribution is 2.41. The van der Waals surface area contributed by atoms with Gasteiger partial charge in [-0.05, 0) is 31.9 Å². The lowest BCUT2D eigenvalue weighted by molar-refractivity contribution is -0.137. The Morgan fingerprint density at radius 1 is 1.30 bits per heavy atom. The van der Waals surface area contributed by atoms with Crippen LogP contribution in [0.5, 0.6) is 0 Å². The van der Waals surface area contributed by atoms with Crippen molar-refractivity contribution in [3.8, 4) is 11.3 Å². The van der Waals surface area contributed by atoms with Crippen LogP contribution in [0.15, 0.2) is 24.3 Å². The second kappa shape index (κ2) is 4.26. The number of benzene rings is 1. The molecule has 0 radical (unpaired) electrons. The zero-order chi connectivity index (χ0) is 14.5. The summed E-state index contributed by atoms with van der Waals surface area (Å²) in [6.45, 7) is 1.83. The quantitative estimate of drug-likeness (QED) is 0.910. The molecule has 2 aromatic rings. The van der Waals surface area contributed by atoms with Gasteiger partial charge in [0, 0.05) is 11.6 Å². The molecule has 0 unspecified atom stereocenters. The van der Waals surface area contributed by atoms with Crippen LogP contribution in [0.4, 0.5) is 19.0 Å². The van der Waals surface area contributed by atoms with E-state index in [1.807, 2.05) is 11.5 Å². The molecule has 1 aliphatic rings. The standard InChI is InChI=1S/C14H14F3N3/c1-8-19-12(13(18)20(8)11-5-6-11)9-3-2-4-10(7-9)14(15,16)17/h2-4,7,11H,5-6,18H2,1H3. The molecular formula is C14H14F3N3. The van der Waals surface area contributed by atoms with Crippen LogP contribution in [-0.4, -0.2) is 9.55 Å². The van der Waals surface area contributed by atoms with E-state index in [4.69, 9.17) is 5.73 Å². The van der Waals surface area contributed by atoms with Gasteiger partial charge >= 0.3 is 6.18 Å². The van der Waals surface area contributed by atoms with Crippen LogP contribution in [-0.2, 0) is 6.18 Å². The van der Waals surface area contributed by atoms with E-state index in [-0.39, 0.29) is 0 Å². The fraction of sp³-hybridized carbons (Fsp3) is 0.357. The van der Waals surface area contributed by atoms with Crippen LogP contribution in [0.3, 0.4) is 0 Å². The van der Waals surface area contributed by atoms with Crippen LogP contribution in [0.25, 0.3) is 11.3 Å². The highest BCUT2D eigenvalue weighted by atomic mass is 19.4. The minimum Gasteiger partial charge on any atom is -0.383 e. The summed E-state index contributed by atoms with van der Waals surface area (Å²) < 4.78 is 40.2. The molecule has 1 aromatic carbocycles. The van der Waals surface area contributed by atoms with Gasteiger partial charge in [-0.1, -0.05) is 12.1 Å². The molecule has 3 nitrogen and oxygen atoms in total. The molecule has 1 saturated carbocycles. The molecule has 0 atom stereocenters. The van der Waals surface area contributed by atoms with Crippen LogP contribution in [0.2, 0.25) is 0 Å². The predicted octanol–water partition coefficient (Wildman–Crippen LogP) is 3.79. The summed E-state index contributed by atoms with van der Waals surface area (Å²) in [5.41, 5.74) is 6.20. The van der Waals surface area contributed by atoms with Gasteiger partial charge in [0.2, 0.25) is 0 Å². The van der Waals surface area contributed by atoms with Crippen molar-refractivity contribution in [2.45, 2.75) is 32.0 Å². The second-order valence-electron chi connectivity index (χ2n) is 5.07. The van der Waals surface area contributed by atoms with Crippen LogP contribution < -0.4 is 5.73 Å². The third-order valence-corrected chi connectivity index (χ3v) is 3.50. The van der Waals surface area contributed by atoms with Crippen molar-refractivity contribution in [1.82, 2.24) is 9.55 Å². The van der Waals surface area contributed by atoms with Crippen LogP contribution >= 0.6 is 0 Å². The highest BCUT2D eigenvalue weighted by molar-refractivity contribution is 5.71. The fourth-order valence-corrected chi connectivity index (χ4v) is 2.41. The van der Waals surface area contributed by atoms with Crippen molar-refractivity contribution >= 4 is 5.82 Å². The van der Waals surface area contributed by atoms with Gasteiger partial charge in [-0.25, -0.2) is 4.98 Å². The lowest BCUT2D eigenvalue weighted by Gasteiger charge is -2.08. The van der Waals surface area contributed by atoms with Crippen LogP contribution in [0.1, 0.15) is 30.3 Å². The number of nitrogens with two attached hydrogens (primary N) is 1. The average Bonchev–Trinajstić information content (AvgIpc) is 3.15. The maximum absolute atomic E-state index is 12.8. The molecule has 1 heterocycles. The van der Waals surface area contributed by atoms with E-state index < -0.39 is 11.7 Å². The molecule has 1 aliphatic carbocycles. The number of hydrogen-bond donors (Lipinski definition) is 1. The number of nitrogen functional groups attached to an aromatic ring is 1. The number of hydrogen-bond acceptors (Lipinski definition) is 2. The van der Waals surface area contributed by atoms with E-state index >= 15 is 0 Å².